The van der Waals surface area contributed by atoms with Gasteiger partial charge in [-0.25, -0.2) is 0 Å². The van der Waals surface area contributed by atoms with E-state index >= 15 is 0 Å². The summed E-state index contributed by atoms with van der Waals surface area (Å²) in [4.78, 5) is 71.4. The number of morpholine rings is 1. The van der Waals surface area contributed by atoms with E-state index in [2.05, 4.69) is 15.5 Å². The zero-order valence-electron chi connectivity index (χ0n) is 33.9. The van der Waals surface area contributed by atoms with Gasteiger partial charge < -0.3 is 20.1 Å². The Labute approximate surface area is 328 Å². The van der Waals surface area contributed by atoms with Crippen LogP contribution in [0.1, 0.15) is 90.7 Å². The van der Waals surface area contributed by atoms with Crippen LogP contribution < -0.4 is 10.6 Å². The number of carbonyl (C=O) groups is 5. The standard InChI is InChI=1S/C45H65N3O7/c1-32(2)26-39(41(50)30-37(28-35-14-10-7-11-15-35)44(53)47-40(27-33(3)4)42(51)45(5)18-19-45)46-43(52)36(17-16-34-12-8-6-9-13-34)29-38(49)31-55-25-22-48-20-23-54-24-21-48/h6-15,32-33,36-37,39-40H,16-31H2,1-5H3,(H,46,52)(H,47,53)/t36-,37-,39+,40+/m1/s1. The summed E-state index contributed by atoms with van der Waals surface area (Å²) in [5.41, 5.74) is 1.56. The Hall–Kier alpha value is -3.73. The predicted octanol–water partition coefficient (Wildman–Crippen LogP) is 5.79. The highest BCUT2D eigenvalue weighted by Gasteiger charge is 2.48. The van der Waals surface area contributed by atoms with Crippen molar-refractivity contribution in [2.75, 3.05) is 46.1 Å². The van der Waals surface area contributed by atoms with E-state index in [-0.39, 0.29) is 60.4 Å². The van der Waals surface area contributed by atoms with E-state index in [0.717, 1.165) is 37.1 Å². The third-order valence-corrected chi connectivity index (χ3v) is 10.9. The molecule has 1 aliphatic carbocycles. The largest absolute Gasteiger partial charge is 0.379 e. The lowest BCUT2D eigenvalue weighted by atomic mass is 9.87. The molecule has 2 aromatic carbocycles. The first-order valence-corrected chi connectivity index (χ1v) is 20.5. The summed E-state index contributed by atoms with van der Waals surface area (Å²) in [7, 11) is 0. The summed E-state index contributed by atoms with van der Waals surface area (Å²) in [6, 6.07) is 17.9. The Morgan fingerprint density at radius 1 is 0.764 bits per heavy atom. The van der Waals surface area contributed by atoms with E-state index < -0.39 is 29.3 Å². The molecule has 0 bridgehead atoms. The van der Waals surface area contributed by atoms with Crippen molar-refractivity contribution in [2.24, 2.45) is 29.1 Å². The molecule has 1 saturated heterocycles. The number of nitrogens with one attached hydrogen (secondary N) is 2. The Bertz CT molecular complexity index is 1520. The summed E-state index contributed by atoms with van der Waals surface area (Å²) in [5, 5.41) is 6.10. The molecule has 2 aliphatic rings. The van der Waals surface area contributed by atoms with Gasteiger partial charge in [-0.15, -0.1) is 0 Å². The number of ether oxygens (including phenoxy) is 2. The molecule has 4 atom stereocenters. The summed E-state index contributed by atoms with van der Waals surface area (Å²) in [5.74, 6) is -2.13. The predicted molar refractivity (Wildman–Crippen MR) is 214 cm³/mol. The summed E-state index contributed by atoms with van der Waals surface area (Å²) in [6.45, 7) is 14.1. The van der Waals surface area contributed by atoms with Crippen molar-refractivity contribution < 1.29 is 33.4 Å². The highest BCUT2D eigenvalue weighted by Crippen LogP contribution is 2.47. The monoisotopic (exact) mass is 759 g/mol. The molecule has 55 heavy (non-hydrogen) atoms. The van der Waals surface area contributed by atoms with Crippen LogP contribution in [0, 0.1) is 29.1 Å². The van der Waals surface area contributed by atoms with E-state index in [1.54, 1.807) is 0 Å². The molecule has 0 aromatic heterocycles. The lowest BCUT2D eigenvalue weighted by molar-refractivity contribution is -0.136. The molecular weight excluding hydrogens is 695 g/mol. The zero-order valence-corrected chi connectivity index (χ0v) is 33.9. The molecule has 1 saturated carbocycles. The van der Waals surface area contributed by atoms with Crippen LogP contribution >= 0.6 is 0 Å². The number of hydrogen-bond donors (Lipinski definition) is 2. The minimum atomic E-state index is -0.837. The molecule has 0 radical (unpaired) electrons. The second kappa shape index (κ2) is 22.1. The molecule has 4 rings (SSSR count). The van der Waals surface area contributed by atoms with Crippen molar-refractivity contribution in [3.63, 3.8) is 0 Å². The van der Waals surface area contributed by atoms with Gasteiger partial charge in [-0.3, -0.25) is 28.9 Å². The molecule has 2 N–H and O–H groups in total. The van der Waals surface area contributed by atoms with E-state index in [0.29, 0.717) is 58.5 Å². The fraction of sp³-hybridized carbons (Fsp3) is 0.622. The Balaban J connectivity index is 1.46. The van der Waals surface area contributed by atoms with Gasteiger partial charge in [0.1, 0.15) is 6.61 Å². The maximum atomic E-state index is 14.3. The Morgan fingerprint density at radius 3 is 1.93 bits per heavy atom. The topological polar surface area (TPSA) is 131 Å². The van der Waals surface area contributed by atoms with Crippen molar-refractivity contribution >= 4 is 29.2 Å². The van der Waals surface area contributed by atoms with Gasteiger partial charge in [-0.1, -0.05) is 95.3 Å². The van der Waals surface area contributed by atoms with Gasteiger partial charge in [0.15, 0.2) is 17.3 Å². The minimum Gasteiger partial charge on any atom is -0.379 e. The van der Waals surface area contributed by atoms with Crippen LogP contribution in [0.25, 0.3) is 0 Å². The summed E-state index contributed by atoms with van der Waals surface area (Å²) < 4.78 is 11.1. The van der Waals surface area contributed by atoms with Crippen LogP contribution in [-0.2, 0) is 46.3 Å². The number of nitrogens with zero attached hydrogens (tertiary/aromatic N) is 1. The van der Waals surface area contributed by atoms with Gasteiger partial charge in [-0.05, 0) is 67.9 Å². The molecule has 10 heteroatoms. The van der Waals surface area contributed by atoms with Gasteiger partial charge >= 0.3 is 0 Å². The molecule has 0 spiro atoms. The number of aryl methyl sites for hydroxylation is 1. The highest BCUT2D eigenvalue weighted by molar-refractivity contribution is 5.97. The number of carbonyl (C=O) groups excluding carboxylic acids is 5. The van der Waals surface area contributed by atoms with Crippen molar-refractivity contribution in [1.82, 2.24) is 15.5 Å². The van der Waals surface area contributed by atoms with Crippen molar-refractivity contribution in [3.05, 3.63) is 71.8 Å². The first-order valence-electron chi connectivity index (χ1n) is 20.5. The van der Waals surface area contributed by atoms with Gasteiger partial charge in [0.05, 0.1) is 31.9 Å². The van der Waals surface area contributed by atoms with Crippen LogP contribution in [0.4, 0.5) is 0 Å². The average molecular weight is 760 g/mol. The number of benzene rings is 2. The molecule has 1 heterocycles. The van der Waals surface area contributed by atoms with Crippen LogP contribution in [0.15, 0.2) is 60.7 Å². The fourth-order valence-electron chi connectivity index (χ4n) is 7.27. The summed E-state index contributed by atoms with van der Waals surface area (Å²) >= 11 is 0. The molecule has 2 amide bonds. The smallest absolute Gasteiger partial charge is 0.224 e. The van der Waals surface area contributed by atoms with Gasteiger partial charge in [-0.2, -0.15) is 0 Å². The average Bonchev–Trinajstić information content (AvgIpc) is 3.92. The SMILES string of the molecule is CC(C)C[C@H](NC(=O)[C@H](CCc1ccccc1)CC(=O)COCCN1CCOCC1)C(=O)C[C@@H](Cc1ccccc1)C(=O)N[C@@H](CC(C)C)C(=O)C1(C)CC1. The van der Waals surface area contributed by atoms with Crippen molar-refractivity contribution in [2.45, 2.75) is 104 Å². The van der Waals surface area contributed by atoms with Crippen molar-refractivity contribution in [1.29, 1.82) is 0 Å². The van der Waals surface area contributed by atoms with Crippen LogP contribution in [0.5, 0.6) is 0 Å². The van der Waals surface area contributed by atoms with E-state index in [1.807, 2.05) is 95.3 Å². The molecule has 1 aliphatic heterocycles. The number of Topliss-reactive ketones (excluding diaryl/α,β-unsaturated/α-hetero) is 3. The maximum absolute atomic E-state index is 14.3. The first kappa shape index (κ1) is 44.0. The second-order valence-corrected chi connectivity index (χ2v) is 16.8. The fourth-order valence-corrected chi connectivity index (χ4v) is 7.27. The second-order valence-electron chi connectivity index (χ2n) is 16.8. The first-order chi connectivity index (χ1) is 26.3. The Morgan fingerprint density at radius 2 is 1.33 bits per heavy atom. The number of hydrogen-bond acceptors (Lipinski definition) is 8. The van der Waals surface area contributed by atoms with Crippen LogP contribution in [0.2, 0.25) is 0 Å². The highest BCUT2D eigenvalue weighted by atomic mass is 16.5. The molecule has 0 unspecified atom stereocenters. The maximum Gasteiger partial charge on any atom is 0.224 e. The Kier molecular flexibility index (Phi) is 17.7. The molecule has 302 valence electrons. The van der Waals surface area contributed by atoms with Crippen LogP contribution in [-0.4, -0.2) is 92.2 Å². The van der Waals surface area contributed by atoms with E-state index in [9.17, 15) is 24.0 Å². The molecule has 10 nitrogen and oxygen atoms in total. The zero-order chi connectivity index (χ0) is 39.8. The molecular formula is C45H65N3O7. The summed E-state index contributed by atoms with van der Waals surface area (Å²) in [6.07, 6.45) is 3.81. The van der Waals surface area contributed by atoms with E-state index in [1.165, 1.54) is 0 Å². The third-order valence-electron chi connectivity index (χ3n) is 10.9. The minimum absolute atomic E-state index is 0.00202. The normalized spacial score (nSPS) is 17.6. The van der Waals surface area contributed by atoms with Gasteiger partial charge in [0, 0.05) is 49.7 Å². The van der Waals surface area contributed by atoms with Gasteiger partial charge in [0.2, 0.25) is 11.8 Å². The lowest BCUT2D eigenvalue weighted by Gasteiger charge is -2.27. The van der Waals surface area contributed by atoms with Crippen LogP contribution in [0.3, 0.4) is 0 Å². The number of ketones is 3. The third kappa shape index (κ3) is 15.4. The number of amides is 2. The number of rotatable bonds is 25. The van der Waals surface area contributed by atoms with Crippen molar-refractivity contribution in [3.8, 4) is 0 Å². The van der Waals surface area contributed by atoms with E-state index in [4.69, 9.17) is 9.47 Å². The quantitative estimate of drug-likeness (QED) is 0.122. The molecule has 2 fully saturated rings. The van der Waals surface area contributed by atoms with Gasteiger partial charge in [0.25, 0.3) is 0 Å². The molecule has 2 aromatic rings. The lowest BCUT2D eigenvalue weighted by Crippen LogP contribution is -2.49.